The minimum absolute atomic E-state index is 0.00141. The molecular formula is C15H22N6O2S. The maximum atomic E-state index is 12.6. The van der Waals surface area contributed by atoms with E-state index < -0.39 is 0 Å². The van der Waals surface area contributed by atoms with Crippen LogP contribution in [0.3, 0.4) is 0 Å². The number of hydrogen-bond acceptors (Lipinski definition) is 8. The molecule has 0 radical (unpaired) electrons. The summed E-state index contributed by atoms with van der Waals surface area (Å²) >= 11 is 1.19. The number of nitrogen functional groups attached to an aromatic ring is 2. The Kier molecular flexibility index (Phi) is 5.79. The third-order valence-corrected chi connectivity index (χ3v) is 4.46. The van der Waals surface area contributed by atoms with E-state index in [0.717, 1.165) is 11.4 Å². The zero-order valence-electron chi connectivity index (χ0n) is 14.2. The Bertz CT molecular complexity index is 726. The Balaban J connectivity index is 2.14. The van der Waals surface area contributed by atoms with Crippen LogP contribution in [0.25, 0.3) is 0 Å². The Morgan fingerprint density at radius 3 is 2.50 bits per heavy atom. The van der Waals surface area contributed by atoms with Gasteiger partial charge in [-0.05, 0) is 26.8 Å². The molecule has 24 heavy (non-hydrogen) atoms. The number of ether oxygens (including phenoxy) is 1. The Morgan fingerprint density at radius 2 is 1.92 bits per heavy atom. The molecule has 0 spiro atoms. The van der Waals surface area contributed by atoms with E-state index >= 15 is 0 Å². The van der Waals surface area contributed by atoms with Crippen LogP contribution < -0.4 is 11.5 Å². The second-order valence-electron chi connectivity index (χ2n) is 5.51. The van der Waals surface area contributed by atoms with Crippen molar-refractivity contribution >= 4 is 29.4 Å². The first kappa shape index (κ1) is 18.2. The van der Waals surface area contributed by atoms with Gasteiger partial charge in [0.15, 0.2) is 10.9 Å². The van der Waals surface area contributed by atoms with E-state index in [1.165, 1.54) is 11.8 Å². The van der Waals surface area contributed by atoms with Crippen LogP contribution in [0.4, 0.5) is 11.9 Å². The van der Waals surface area contributed by atoms with E-state index in [2.05, 4.69) is 26.4 Å². The van der Waals surface area contributed by atoms with Gasteiger partial charge in [-0.1, -0.05) is 11.8 Å². The third kappa shape index (κ3) is 4.04. The van der Waals surface area contributed by atoms with Crippen LogP contribution in [0, 0.1) is 13.8 Å². The highest BCUT2D eigenvalue weighted by molar-refractivity contribution is 7.99. The molecule has 0 unspecified atom stereocenters. The van der Waals surface area contributed by atoms with Crippen LogP contribution in [0.15, 0.2) is 11.2 Å². The zero-order valence-corrected chi connectivity index (χ0v) is 15.1. The minimum Gasteiger partial charge on any atom is -0.383 e. The average molecular weight is 350 g/mol. The zero-order chi connectivity index (χ0) is 17.9. The number of ketones is 1. The van der Waals surface area contributed by atoms with Crippen LogP contribution in [-0.4, -0.2) is 44.8 Å². The fourth-order valence-electron chi connectivity index (χ4n) is 2.71. The first-order valence-corrected chi connectivity index (χ1v) is 8.42. The van der Waals surface area contributed by atoms with E-state index in [1.54, 1.807) is 7.11 Å². The quantitative estimate of drug-likeness (QED) is 0.571. The summed E-state index contributed by atoms with van der Waals surface area (Å²) in [6, 6.07) is 2.06. The van der Waals surface area contributed by atoms with E-state index in [-0.39, 0.29) is 29.5 Å². The molecule has 9 heteroatoms. The molecule has 0 aliphatic rings. The van der Waals surface area contributed by atoms with Crippen molar-refractivity contribution in [1.29, 1.82) is 0 Å². The lowest BCUT2D eigenvalue weighted by molar-refractivity contribution is 0.102. The van der Waals surface area contributed by atoms with E-state index in [9.17, 15) is 4.79 Å². The lowest BCUT2D eigenvalue weighted by atomic mass is 10.2. The van der Waals surface area contributed by atoms with Crippen LogP contribution in [0.5, 0.6) is 0 Å². The molecule has 130 valence electrons. The summed E-state index contributed by atoms with van der Waals surface area (Å²) < 4.78 is 7.32. The number of carbonyl (C=O) groups is 1. The molecule has 2 heterocycles. The maximum absolute atomic E-state index is 12.6. The van der Waals surface area contributed by atoms with Gasteiger partial charge in [-0.15, -0.1) is 0 Å². The van der Waals surface area contributed by atoms with E-state index in [0.29, 0.717) is 17.3 Å². The molecule has 8 nitrogen and oxygen atoms in total. The van der Waals surface area contributed by atoms with Crippen LogP contribution in [0.1, 0.15) is 34.7 Å². The SMILES string of the molecule is COC[C@@H](C)n1c(C)cc(C(=O)CSc2nc(N)nc(N)n2)c1C. The highest BCUT2D eigenvalue weighted by atomic mass is 32.2. The minimum atomic E-state index is 0.00141. The topological polar surface area (TPSA) is 122 Å². The number of hydrogen-bond donors (Lipinski definition) is 2. The molecule has 1 atom stereocenters. The van der Waals surface area contributed by atoms with Gasteiger partial charge in [-0.25, -0.2) is 0 Å². The summed E-state index contributed by atoms with van der Waals surface area (Å²) in [5.41, 5.74) is 13.7. The molecule has 0 amide bonds. The van der Waals surface area contributed by atoms with Gasteiger partial charge < -0.3 is 20.8 Å². The van der Waals surface area contributed by atoms with Crippen molar-refractivity contribution in [3.63, 3.8) is 0 Å². The van der Waals surface area contributed by atoms with Crippen molar-refractivity contribution in [2.45, 2.75) is 32.0 Å². The lowest BCUT2D eigenvalue weighted by Gasteiger charge is -2.17. The van der Waals surface area contributed by atoms with Crippen LogP contribution >= 0.6 is 11.8 Å². The third-order valence-electron chi connectivity index (χ3n) is 3.62. The van der Waals surface area contributed by atoms with Gasteiger partial charge in [-0.3, -0.25) is 4.79 Å². The Hall–Kier alpha value is -2.13. The number of nitrogens with two attached hydrogens (primary N) is 2. The molecule has 4 N–H and O–H groups in total. The van der Waals surface area contributed by atoms with Gasteiger partial charge in [0.1, 0.15) is 0 Å². The smallest absolute Gasteiger partial charge is 0.225 e. The van der Waals surface area contributed by atoms with Crippen molar-refractivity contribution in [3.8, 4) is 0 Å². The highest BCUT2D eigenvalue weighted by Crippen LogP contribution is 2.23. The molecule has 0 aliphatic heterocycles. The van der Waals surface area contributed by atoms with Crippen molar-refractivity contribution in [3.05, 3.63) is 23.0 Å². The van der Waals surface area contributed by atoms with Gasteiger partial charge >= 0.3 is 0 Å². The summed E-state index contributed by atoms with van der Waals surface area (Å²) in [5.74, 6) is 0.292. The molecule has 0 bridgehead atoms. The normalized spacial score (nSPS) is 12.3. The second kappa shape index (κ2) is 7.63. The summed E-state index contributed by atoms with van der Waals surface area (Å²) in [6.07, 6.45) is 0. The fraction of sp³-hybridized carbons (Fsp3) is 0.467. The van der Waals surface area contributed by atoms with Gasteiger partial charge in [0.25, 0.3) is 0 Å². The number of carbonyl (C=O) groups excluding carboxylic acids is 1. The average Bonchev–Trinajstić information content (AvgIpc) is 2.79. The standard InChI is InChI=1S/C15H22N6O2S/c1-8-5-11(10(3)21(8)9(2)6-23-4)12(22)7-24-15-19-13(16)18-14(17)20-15/h5,9H,6-7H2,1-4H3,(H4,16,17,18,19,20)/t9-/m1/s1. The Morgan fingerprint density at radius 1 is 1.29 bits per heavy atom. The second-order valence-corrected chi connectivity index (χ2v) is 6.45. The van der Waals surface area contributed by atoms with Gasteiger partial charge in [0.05, 0.1) is 18.4 Å². The van der Waals surface area contributed by atoms with Crippen LogP contribution in [-0.2, 0) is 4.74 Å². The predicted molar refractivity (Wildman–Crippen MR) is 94.2 cm³/mol. The number of rotatable bonds is 7. The van der Waals surface area contributed by atoms with Crippen molar-refractivity contribution in [2.24, 2.45) is 0 Å². The molecule has 0 aromatic carbocycles. The molecular weight excluding hydrogens is 328 g/mol. The van der Waals surface area contributed by atoms with Crippen molar-refractivity contribution in [1.82, 2.24) is 19.5 Å². The summed E-state index contributed by atoms with van der Waals surface area (Å²) in [6.45, 7) is 6.57. The molecule has 0 fully saturated rings. The van der Waals surface area contributed by atoms with Crippen LogP contribution in [0.2, 0.25) is 0 Å². The Labute approximate surface area is 145 Å². The molecule has 2 rings (SSSR count). The summed E-state index contributed by atoms with van der Waals surface area (Å²) in [7, 11) is 1.67. The predicted octanol–water partition coefficient (Wildman–Crippen LogP) is 1.64. The number of aryl methyl sites for hydroxylation is 1. The van der Waals surface area contributed by atoms with Gasteiger partial charge in [-0.2, -0.15) is 15.0 Å². The van der Waals surface area contributed by atoms with Crippen molar-refractivity contribution in [2.75, 3.05) is 30.9 Å². The molecule has 2 aromatic heterocycles. The van der Waals surface area contributed by atoms with Crippen molar-refractivity contribution < 1.29 is 9.53 Å². The highest BCUT2D eigenvalue weighted by Gasteiger charge is 2.19. The first-order chi connectivity index (χ1) is 11.3. The first-order valence-electron chi connectivity index (χ1n) is 7.43. The number of nitrogens with zero attached hydrogens (tertiary/aromatic N) is 4. The molecule has 2 aromatic rings. The lowest BCUT2D eigenvalue weighted by Crippen LogP contribution is -2.15. The largest absolute Gasteiger partial charge is 0.383 e. The van der Waals surface area contributed by atoms with Gasteiger partial charge in [0, 0.05) is 24.1 Å². The van der Waals surface area contributed by atoms with E-state index in [1.807, 2.05) is 19.9 Å². The van der Waals surface area contributed by atoms with E-state index in [4.69, 9.17) is 16.2 Å². The van der Waals surface area contributed by atoms with Gasteiger partial charge in [0.2, 0.25) is 11.9 Å². The number of Topliss-reactive ketones (excluding diaryl/α,β-unsaturated/α-hetero) is 1. The number of anilines is 2. The molecule has 0 saturated carbocycles. The number of thioether (sulfide) groups is 1. The molecule has 0 saturated heterocycles. The summed E-state index contributed by atoms with van der Waals surface area (Å²) in [4.78, 5) is 24.2. The molecule has 0 aliphatic carbocycles. The summed E-state index contributed by atoms with van der Waals surface area (Å²) in [5, 5.41) is 0.343. The monoisotopic (exact) mass is 350 g/mol. The fourth-order valence-corrected chi connectivity index (χ4v) is 3.45. The number of aromatic nitrogens is 4. The number of methoxy groups -OCH3 is 1. The maximum Gasteiger partial charge on any atom is 0.225 e.